The molecule has 2 heteroatoms. The Bertz CT molecular complexity index is 358. The summed E-state index contributed by atoms with van der Waals surface area (Å²) in [6, 6.07) is 6.23. The Labute approximate surface area is 97.9 Å². The van der Waals surface area contributed by atoms with E-state index in [2.05, 4.69) is 13.0 Å². The van der Waals surface area contributed by atoms with Gasteiger partial charge in [-0.2, -0.15) is 0 Å². The maximum Gasteiger partial charge on any atom is 0.0985 e. The number of hydrogen-bond acceptors (Lipinski definition) is 1. The molecule has 0 bridgehead atoms. The molecule has 1 nitrogen and oxygen atoms in total. The van der Waals surface area contributed by atoms with Crippen LogP contribution in [-0.2, 0) is 5.41 Å². The SMILES string of the molecule is CCC(N)c1cc(C)cc(C(C)(C)CF)c1. The molecule has 0 saturated carbocycles. The zero-order valence-electron chi connectivity index (χ0n) is 10.7. The Balaban J connectivity index is 3.17. The summed E-state index contributed by atoms with van der Waals surface area (Å²) in [7, 11) is 0. The Morgan fingerprint density at radius 2 is 1.94 bits per heavy atom. The number of nitrogens with two attached hydrogens (primary N) is 1. The van der Waals surface area contributed by atoms with Gasteiger partial charge in [0.25, 0.3) is 0 Å². The van der Waals surface area contributed by atoms with Crippen molar-refractivity contribution in [2.75, 3.05) is 6.67 Å². The van der Waals surface area contributed by atoms with E-state index in [1.807, 2.05) is 32.9 Å². The van der Waals surface area contributed by atoms with Crippen molar-refractivity contribution in [3.63, 3.8) is 0 Å². The molecule has 1 atom stereocenters. The van der Waals surface area contributed by atoms with E-state index in [4.69, 9.17) is 5.73 Å². The standard InChI is InChI=1S/C14H22FN/c1-5-13(16)11-6-10(2)7-12(8-11)14(3,4)9-15/h6-8,13H,5,9,16H2,1-4H3. The van der Waals surface area contributed by atoms with Crippen LogP contribution in [0, 0.1) is 6.92 Å². The maximum absolute atomic E-state index is 13.0. The van der Waals surface area contributed by atoms with E-state index in [0.717, 1.165) is 23.1 Å². The monoisotopic (exact) mass is 223 g/mol. The highest BCUT2D eigenvalue weighted by molar-refractivity contribution is 5.35. The molecule has 1 unspecified atom stereocenters. The van der Waals surface area contributed by atoms with Gasteiger partial charge in [0.2, 0.25) is 0 Å². The van der Waals surface area contributed by atoms with Gasteiger partial charge in [-0.05, 0) is 24.5 Å². The normalized spacial score (nSPS) is 13.9. The van der Waals surface area contributed by atoms with E-state index in [1.165, 1.54) is 0 Å². The first-order valence-electron chi connectivity index (χ1n) is 5.84. The average Bonchev–Trinajstić information content (AvgIpc) is 2.27. The summed E-state index contributed by atoms with van der Waals surface area (Å²) in [6.45, 7) is 7.58. The number of halogens is 1. The smallest absolute Gasteiger partial charge is 0.0985 e. The highest BCUT2D eigenvalue weighted by Crippen LogP contribution is 2.27. The quantitative estimate of drug-likeness (QED) is 0.828. The minimum Gasteiger partial charge on any atom is -0.324 e. The van der Waals surface area contributed by atoms with Crippen molar-refractivity contribution in [3.8, 4) is 0 Å². The van der Waals surface area contributed by atoms with Crippen LogP contribution in [-0.4, -0.2) is 6.67 Å². The van der Waals surface area contributed by atoms with Crippen LogP contribution in [0.5, 0.6) is 0 Å². The molecule has 0 radical (unpaired) electrons. The molecule has 0 heterocycles. The van der Waals surface area contributed by atoms with E-state index in [1.54, 1.807) is 0 Å². The van der Waals surface area contributed by atoms with E-state index < -0.39 is 5.41 Å². The summed E-state index contributed by atoms with van der Waals surface area (Å²) in [4.78, 5) is 0. The predicted molar refractivity (Wildman–Crippen MR) is 67.4 cm³/mol. The van der Waals surface area contributed by atoms with Gasteiger partial charge in [0.05, 0.1) is 6.67 Å². The Morgan fingerprint density at radius 3 is 2.44 bits per heavy atom. The molecule has 0 fully saturated rings. The van der Waals surface area contributed by atoms with Gasteiger partial charge in [-0.25, -0.2) is 0 Å². The van der Waals surface area contributed by atoms with Gasteiger partial charge < -0.3 is 5.73 Å². The van der Waals surface area contributed by atoms with Crippen molar-refractivity contribution in [3.05, 3.63) is 34.9 Å². The van der Waals surface area contributed by atoms with Crippen LogP contribution < -0.4 is 5.73 Å². The summed E-state index contributed by atoms with van der Waals surface area (Å²) in [5, 5.41) is 0. The van der Waals surface area contributed by atoms with Crippen molar-refractivity contribution in [2.24, 2.45) is 5.73 Å². The largest absolute Gasteiger partial charge is 0.324 e. The fourth-order valence-electron chi connectivity index (χ4n) is 1.73. The summed E-state index contributed by atoms with van der Waals surface area (Å²) in [5.41, 5.74) is 8.90. The van der Waals surface area contributed by atoms with Gasteiger partial charge in [0, 0.05) is 11.5 Å². The Morgan fingerprint density at radius 1 is 1.31 bits per heavy atom. The van der Waals surface area contributed by atoms with Crippen molar-refractivity contribution in [2.45, 2.75) is 45.6 Å². The lowest BCUT2D eigenvalue weighted by atomic mass is 9.83. The summed E-state index contributed by atoms with van der Waals surface area (Å²) in [6.07, 6.45) is 0.902. The third-order valence-electron chi connectivity index (χ3n) is 3.08. The second-order valence-electron chi connectivity index (χ2n) is 5.16. The predicted octanol–water partition coefficient (Wildman–Crippen LogP) is 3.65. The fourth-order valence-corrected chi connectivity index (χ4v) is 1.73. The second-order valence-corrected chi connectivity index (χ2v) is 5.16. The van der Waals surface area contributed by atoms with Gasteiger partial charge in [0.1, 0.15) is 0 Å². The molecule has 90 valence electrons. The number of alkyl halides is 1. The number of aryl methyl sites for hydroxylation is 1. The first-order chi connectivity index (χ1) is 7.40. The van der Waals surface area contributed by atoms with Gasteiger partial charge >= 0.3 is 0 Å². The highest BCUT2D eigenvalue weighted by Gasteiger charge is 2.21. The molecular formula is C14H22FN. The highest BCUT2D eigenvalue weighted by atomic mass is 19.1. The van der Waals surface area contributed by atoms with Crippen LogP contribution in [0.3, 0.4) is 0 Å². The molecule has 2 N–H and O–H groups in total. The van der Waals surface area contributed by atoms with E-state index in [0.29, 0.717) is 0 Å². The van der Waals surface area contributed by atoms with Crippen LogP contribution in [0.25, 0.3) is 0 Å². The molecule has 0 saturated heterocycles. The summed E-state index contributed by atoms with van der Waals surface area (Å²) < 4.78 is 13.0. The molecule has 1 aromatic rings. The third-order valence-corrected chi connectivity index (χ3v) is 3.08. The number of hydrogen-bond donors (Lipinski definition) is 1. The van der Waals surface area contributed by atoms with E-state index >= 15 is 0 Å². The van der Waals surface area contributed by atoms with Crippen molar-refractivity contribution in [1.82, 2.24) is 0 Å². The van der Waals surface area contributed by atoms with Crippen molar-refractivity contribution >= 4 is 0 Å². The van der Waals surface area contributed by atoms with Gasteiger partial charge in [0.15, 0.2) is 0 Å². The molecule has 1 aromatic carbocycles. The first kappa shape index (κ1) is 13.2. The molecule has 0 aliphatic rings. The molecular weight excluding hydrogens is 201 g/mol. The topological polar surface area (TPSA) is 26.0 Å². The first-order valence-corrected chi connectivity index (χ1v) is 5.84. The molecule has 0 spiro atoms. The lowest BCUT2D eigenvalue weighted by Gasteiger charge is -2.23. The zero-order chi connectivity index (χ0) is 12.3. The van der Waals surface area contributed by atoms with Crippen LogP contribution >= 0.6 is 0 Å². The van der Waals surface area contributed by atoms with Crippen LogP contribution in [0.15, 0.2) is 18.2 Å². The maximum atomic E-state index is 13.0. The third kappa shape index (κ3) is 2.82. The summed E-state index contributed by atoms with van der Waals surface area (Å²) >= 11 is 0. The van der Waals surface area contributed by atoms with Gasteiger partial charge in [-0.3, -0.25) is 4.39 Å². The zero-order valence-corrected chi connectivity index (χ0v) is 10.7. The fraction of sp³-hybridized carbons (Fsp3) is 0.571. The molecule has 0 aliphatic heterocycles. The molecule has 0 aromatic heterocycles. The van der Waals surface area contributed by atoms with Crippen molar-refractivity contribution < 1.29 is 4.39 Å². The molecule has 0 aliphatic carbocycles. The van der Waals surface area contributed by atoms with Crippen LogP contribution in [0.4, 0.5) is 4.39 Å². The van der Waals surface area contributed by atoms with Crippen molar-refractivity contribution in [1.29, 1.82) is 0 Å². The molecule has 0 amide bonds. The van der Waals surface area contributed by atoms with Gasteiger partial charge in [-0.1, -0.05) is 44.5 Å². The van der Waals surface area contributed by atoms with E-state index in [9.17, 15) is 4.39 Å². The minimum absolute atomic E-state index is 0.0501. The lowest BCUT2D eigenvalue weighted by molar-refractivity contribution is 0.350. The average molecular weight is 223 g/mol. The molecule has 16 heavy (non-hydrogen) atoms. The van der Waals surface area contributed by atoms with Crippen LogP contribution in [0.1, 0.15) is 49.9 Å². The number of rotatable bonds is 4. The minimum atomic E-state index is -0.422. The molecule has 1 rings (SSSR count). The number of benzene rings is 1. The van der Waals surface area contributed by atoms with Gasteiger partial charge in [-0.15, -0.1) is 0 Å². The second kappa shape index (κ2) is 4.96. The van der Waals surface area contributed by atoms with Crippen LogP contribution in [0.2, 0.25) is 0 Å². The Hall–Kier alpha value is -0.890. The Kier molecular flexibility index (Phi) is 4.09. The summed E-state index contributed by atoms with van der Waals surface area (Å²) in [5.74, 6) is 0. The lowest BCUT2D eigenvalue weighted by Crippen LogP contribution is -2.21. The van der Waals surface area contributed by atoms with E-state index in [-0.39, 0.29) is 12.7 Å².